The second-order valence-corrected chi connectivity index (χ2v) is 7.07. The summed E-state index contributed by atoms with van der Waals surface area (Å²) < 4.78 is 5.35. The highest BCUT2D eigenvalue weighted by molar-refractivity contribution is 7.80. The number of carbonyl (C=O) groups is 2. The van der Waals surface area contributed by atoms with Gasteiger partial charge in [0.15, 0.2) is 5.11 Å². The van der Waals surface area contributed by atoms with Crippen molar-refractivity contribution in [3.8, 4) is 11.3 Å². The SMILES string of the molecule is Cc1ccc(NC(=S)NC(=O)C(C)(C)C)cc1-c1ccc(C(=O)O)o1. The van der Waals surface area contributed by atoms with Crippen LogP contribution in [0.2, 0.25) is 0 Å². The molecule has 6 nitrogen and oxygen atoms in total. The molecule has 0 saturated carbocycles. The maximum atomic E-state index is 12.0. The number of carboxylic acid groups (broad SMARTS) is 1. The fourth-order valence-electron chi connectivity index (χ4n) is 2.02. The van der Waals surface area contributed by atoms with Gasteiger partial charge in [0.1, 0.15) is 5.76 Å². The highest BCUT2D eigenvalue weighted by atomic mass is 32.1. The molecule has 1 heterocycles. The molecule has 0 saturated heterocycles. The summed E-state index contributed by atoms with van der Waals surface area (Å²) in [6.45, 7) is 7.28. The number of hydrogen-bond donors (Lipinski definition) is 3. The van der Waals surface area contributed by atoms with Gasteiger partial charge in [-0.25, -0.2) is 4.79 Å². The van der Waals surface area contributed by atoms with E-state index in [1.54, 1.807) is 32.9 Å². The van der Waals surface area contributed by atoms with Gasteiger partial charge in [-0.2, -0.15) is 0 Å². The van der Waals surface area contributed by atoms with Crippen molar-refractivity contribution in [1.29, 1.82) is 0 Å². The van der Waals surface area contributed by atoms with Crippen LogP contribution in [-0.4, -0.2) is 22.1 Å². The Morgan fingerprint density at radius 1 is 1.16 bits per heavy atom. The first-order valence-corrected chi connectivity index (χ1v) is 8.05. The molecule has 0 atom stereocenters. The first kappa shape index (κ1) is 18.7. The minimum atomic E-state index is -1.12. The first-order valence-electron chi connectivity index (χ1n) is 7.64. The van der Waals surface area contributed by atoms with Crippen molar-refractivity contribution in [3.05, 3.63) is 41.7 Å². The van der Waals surface area contributed by atoms with Crippen LogP contribution in [0.1, 0.15) is 36.9 Å². The monoisotopic (exact) mass is 360 g/mol. The first-order chi connectivity index (χ1) is 11.6. The number of benzene rings is 1. The van der Waals surface area contributed by atoms with Crippen LogP contribution in [0.5, 0.6) is 0 Å². The largest absolute Gasteiger partial charge is 0.475 e. The van der Waals surface area contributed by atoms with E-state index in [4.69, 9.17) is 21.7 Å². The van der Waals surface area contributed by atoms with E-state index in [9.17, 15) is 9.59 Å². The molecule has 25 heavy (non-hydrogen) atoms. The van der Waals surface area contributed by atoms with Crippen LogP contribution in [0, 0.1) is 12.3 Å². The van der Waals surface area contributed by atoms with Crippen molar-refractivity contribution < 1.29 is 19.1 Å². The zero-order valence-corrected chi connectivity index (χ0v) is 15.3. The number of amides is 1. The molecule has 1 amide bonds. The summed E-state index contributed by atoms with van der Waals surface area (Å²) in [4.78, 5) is 22.9. The van der Waals surface area contributed by atoms with E-state index in [0.29, 0.717) is 11.4 Å². The summed E-state index contributed by atoms with van der Waals surface area (Å²) in [5.41, 5.74) is 1.77. The Balaban J connectivity index is 2.19. The summed E-state index contributed by atoms with van der Waals surface area (Å²) in [6.07, 6.45) is 0. The van der Waals surface area contributed by atoms with Crippen molar-refractivity contribution in [2.45, 2.75) is 27.7 Å². The number of rotatable bonds is 3. The lowest BCUT2D eigenvalue weighted by molar-refractivity contribution is -0.126. The van der Waals surface area contributed by atoms with Crippen LogP contribution in [0.15, 0.2) is 34.7 Å². The number of furan rings is 1. The quantitative estimate of drug-likeness (QED) is 0.721. The number of hydrogen-bond acceptors (Lipinski definition) is 4. The van der Waals surface area contributed by atoms with Crippen LogP contribution < -0.4 is 10.6 Å². The van der Waals surface area contributed by atoms with Crippen molar-refractivity contribution in [1.82, 2.24) is 5.32 Å². The normalized spacial score (nSPS) is 11.0. The van der Waals surface area contributed by atoms with Gasteiger partial charge in [0.2, 0.25) is 11.7 Å². The molecule has 0 spiro atoms. The predicted molar refractivity (Wildman–Crippen MR) is 99.7 cm³/mol. The summed E-state index contributed by atoms with van der Waals surface area (Å²) in [5.74, 6) is -0.984. The molecule has 0 radical (unpaired) electrons. The molecule has 0 bridgehead atoms. The Hall–Kier alpha value is -2.67. The maximum absolute atomic E-state index is 12.0. The van der Waals surface area contributed by atoms with E-state index in [1.165, 1.54) is 6.07 Å². The van der Waals surface area contributed by atoms with Gasteiger partial charge in [-0.15, -0.1) is 0 Å². The van der Waals surface area contributed by atoms with Crippen molar-refractivity contribution >= 4 is 34.9 Å². The average Bonchev–Trinajstić information content (AvgIpc) is 2.98. The minimum absolute atomic E-state index is 0.124. The van der Waals surface area contributed by atoms with Crippen molar-refractivity contribution in [3.63, 3.8) is 0 Å². The summed E-state index contributed by atoms with van der Waals surface area (Å²) in [5, 5.41) is 14.8. The number of thiocarbonyl (C=S) groups is 1. The fourth-order valence-corrected chi connectivity index (χ4v) is 2.23. The predicted octanol–water partition coefficient (Wildman–Crippen LogP) is 3.81. The third kappa shape index (κ3) is 4.67. The standard InChI is InChI=1S/C18H20N2O4S/c1-10-5-6-11(19-17(25)20-16(23)18(2,3)4)9-12(10)13-7-8-14(24-13)15(21)22/h5-9H,1-4H3,(H,21,22)(H2,19,20,23,25). The lowest BCUT2D eigenvalue weighted by Gasteiger charge is -2.18. The molecule has 0 fully saturated rings. The molecule has 7 heteroatoms. The van der Waals surface area contributed by atoms with Gasteiger partial charge in [0, 0.05) is 16.7 Å². The van der Waals surface area contributed by atoms with Crippen molar-refractivity contribution in [2.75, 3.05) is 5.32 Å². The Kier molecular flexibility index (Phi) is 5.27. The Bertz CT molecular complexity index is 834. The van der Waals surface area contributed by atoms with Crippen LogP contribution in [0.25, 0.3) is 11.3 Å². The number of carbonyl (C=O) groups excluding carboxylic acids is 1. The van der Waals surface area contributed by atoms with E-state index >= 15 is 0 Å². The van der Waals surface area contributed by atoms with Crippen LogP contribution in [0.3, 0.4) is 0 Å². The lowest BCUT2D eigenvalue weighted by atomic mass is 9.96. The topological polar surface area (TPSA) is 91.6 Å². The zero-order valence-electron chi connectivity index (χ0n) is 14.5. The highest BCUT2D eigenvalue weighted by Crippen LogP contribution is 2.28. The molecule has 0 unspecified atom stereocenters. The zero-order chi connectivity index (χ0) is 18.8. The van der Waals surface area contributed by atoms with Gasteiger partial charge in [0.25, 0.3) is 0 Å². The summed E-state index contributed by atoms with van der Waals surface area (Å²) in [6, 6.07) is 8.47. The van der Waals surface area contributed by atoms with Crippen LogP contribution >= 0.6 is 12.2 Å². The third-order valence-electron chi connectivity index (χ3n) is 3.49. The molecule has 0 aliphatic rings. The molecule has 2 aromatic rings. The number of nitrogens with one attached hydrogen (secondary N) is 2. The van der Waals surface area contributed by atoms with Gasteiger partial charge in [-0.3, -0.25) is 4.79 Å². The lowest BCUT2D eigenvalue weighted by Crippen LogP contribution is -2.41. The van der Waals surface area contributed by atoms with Gasteiger partial charge in [0.05, 0.1) is 0 Å². The third-order valence-corrected chi connectivity index (χ3v) is 3.69. The summed E-state index contributed by atoms with van der Waals surface area (Å²) >= 11 is 5.17. The molecule has 1 aromatic carbocycles. The molecule has 0 aliphatic heterocycles. The fraction of sp³-hybridized carbons (Fsp3) is 0.278. The Morgan fingerprint density at radius 2 is 1.84 bits per heavy atom. The molecular weight excluding hydrogens is 340 g/mol. The highest BCUT2D eigenvalue weighted by Gasteiger charge is 2.22. The van der Waals surface area contributed by atoms with Crippen molar-refractivity contribution in [2.24, 2.45) is 5.41 Å². The molecule has 3 N–H and O–H groups in total. The molecular formula is C18H20N2O4S. The smallest absolute Gasteiger partial charge is 0.371 e. The molecule has 0 aliphatic carbocycles. The number of anilines is 1. The Morgan fingerprint density at radius 3 is 2.40 bits per heavy atom. The van der Waals surface area contributed by atoms with E-state index < -0.39 is 11.4 Å². The average molecular weight is 360 g/mol. The van der Waals surface area contributed by atoms with E-state index in [-0.39, 0.29) is 16.8 Å². The Labute approximate surface area is 151 Å². The summed E-state index contributed by atoms with van der Waals surface area (Å²) in [7, 11) is 0. The van der Waals surface area contributed by atoms with E-state index in [1.807, 2.05) is 19.1 Å². The molecule has 1 aromatic heterocycles. The van der Waals surface area contributed by atoms with Gasteiger partial charge < -0.3 is 20.2 Å². The second kappa shape index (κ2) is 7.06. The molecule has 132 valence electrons. The number of aromatic carboxylic acids is 1. The van der Waals surface area contributed by atoms with E-state index in [0.717, 1.165) is 11.1 Å². The maximum Gasteiger partial charge on any atom is 0.371 e. The second-order valence-electron chi connectivity index (χ2n) is 6.66. The van der Waals surface area contributed by atoms with Gasteiger partial charge in [-0.05, 0) is 49.0 Å². The molecule has 2 rings (SSSR count). The number of carboxylic acids is 1. The van der Waals surface area contributed by atoms with Crippen LogP contribution in [-0.2, 0) is 4.79 Å². The minimum Gasteiger partial charge on any atom is -0.475 e. The van der Waals surface area contributed by atoms with Crippen LogP contribution in [0.4, 0.5) is 5.69 Å². The van der Waals surface area contributed by atoms with Gasteiger partial charge >= 0.3 is 5.97 Å². The van der Waals surface area contributed by atoms with E-state index in [2.05, 4.69) is 10.6 Å². The number of aryl methyl sites for hydroxylation is 1. The van der Waals surface area contributed by atoms with Gasteiger partial charge in [-0.1, -0.05) is 26.8 Å².